The molecular weight excluding hydrogens is 226 g/mol. The van der Waals surface area contributed by atoms with Crippen LogP contribution >= 0.6 is 0 Å². The van der Waals surface area contributed by atoms with Crippen LogP contribution in [0.1, 0.15) is 33.1 Å². The summed E-state index contributed by atoms with van der Waals surface area (Å²) in [6.45, 7) is 4.96. The van der Waals surface area contributed by atoms with Gasteiger partial charge in [-0.15, -0.1) is 0 Å². The lowest BCUT2D eigenvalue weighted by molar-refractivity contribution is 0.331. The summed E-state index contributed by atoms with van der Waals surface area (Å²) in [4.78, 5) is 0. The lowest BCUT2D eigenvalue weighted by Crippen LogP contribution is -2.44. The Labute approximate surface area is 99.8 Å². The molecule has 6 heteroatoms. The second kappa shape index (κ2) is 7.21. The van der Waals surface area contributed by atoms with Crippen molar-refractivity contribution in [2.24, 2.45) is 5.73 Å². The van der Waals surface area contributed by atoms with E-state index in [1.54, 1.807) is 14.1 Å². The third-order valence-electron chi connectivity index (χ3n) is 2.76. The first-order chi connectivity index (χ1) is 7.37. The first-order valence-electron chi connectivity index (χ1n) is 5.77. The summed E-state index contributed by atoms with van der Waals surface area (Å²) in [6, 6.07) is 0.0373. The topological polar surface area (TPSA) is 66.6 Å². The molecule has 1 atom stereocenters. The summed E-state index contributed by atoms with van der Waals surface area (Å²) in [5.74, 6) is 0. The van der Waals surface area contributed by atoms with Crippen LogP contribution in [0.5, 0.6) is 0 Å². The van der Waals surface area contributed by atoms with Gasteiger partial charge in [0, 0.05) is 26.7 Å². The minimum absolute atomic E-state index is 0.0373. The average molecular weight is 251 g/mol. The molecule has 0 aliphatic carbocycles. The average Bonchev–Trinajstić information content (AvgIpc) is 2.24. The SMILES string of the molecule is CCCC(C)N(C)S(=O)(=O)N(C)CCCN. The highest BCUT2D eigenvalue weighted by molar-refractivity contribution is 7.86. The van der Waals surface area contributed by atoms with E-state index in [0.29, 0.717) is 19.5 Å². The van der Waals surface area contributed by atoms with Gasteiger partial charge in [0.2, 0.25) is 0 Å². The van der Waals surface area contributed by atoms with Gasteiger partial charge in [0.25, 0.3) is 10.2 Å². The van der Waals surface area contributed by atoms with Gasteiger partial charge in [-0.3, -0.25) is 0 Å². The van der Waals surface area contributed by atoms with E-state index in [1.807, 2.05) is 6.92 Å². The Hall–Kier alpha value is -0.170. The molecule has 0 spiro atoms. The zero-order chi connectivity index (χ0) is 12.8. The summed E-state index contributed by atoms with van der Waals surface area (Å²) in [7, 11) is -0.0906. The van der Waals surface area contributed by atoms with Crippen molar-refractivity contribution in [3.8, 4) is 0 Å². The molecule has 0 bridgehead atoms. The van der Waals surface area contributed by atoms with Crippen molar-refractivity contribution < 1.29 is 8.42 Å². The fraction of sp³-hybridized carbons (Fsp3) is 1.00. The van der Waals surface area contributed by atoms with Crippen LogP contribution in [0.4, 0.5) is 0 Å². The number of nitrogens with zero attached hydrogens (tertiary/aromatic N) is 2. The second-order valence-corrected chi connectivity index (χ2v) is 6.22. The molecule has 16 heavy (non-hydrogen) atoms. The molecule has 0 radical (unpaired) electrons. The van der Waals surface area contributed by atoms with Crippen LogP contribution in [0.2, 0.25) is 0 Å². The molecule has 5 nitrogen and oxygen atoms in total. The zero-order valence-electron chi connectivity index (χ0n) is 10.8. The van der Waals surface area contributed by atoms with Crippen molar-refractivity contribution in [2.75, 3.05) is 27.2 Å². The van der Waals surface area contributed by atoms with Crippen LogP contribution < -0.4 is 5.73 Å². The standard InChI is InChI=1S/C10H25N3O2S/c1-5-7-10(2)13(4)16(14,15)12(3)9-6-8-11/h10H,5-9,11H2,1-4H3. The highest BCUT2D eigenvalue weighted by atomic mass is 32.2. The molecule has 0 aromatic carbocycles. The van der Waals surface area contributed by atoms with Gasteiger partial charge in [-0.2, -0.15) is 17.0 Å². The number of rotatable bonds is 8. The molecule has 98 valence electrons. The van der Waals surface area contributed by atoms with Gasteiger partial charge in [0.1, 0.15) is 0 Å². The summed E-state index contributed by atoms with van der Waals surface area (Å²) in [6.07, 6.45) is 2.54. The van der Waals surface area contributed by atoms with Gasteiger partial charge in [0.15, 0.2) is 0 Å². The van der Waals surface area contributed by atoms with Crippen molar-refractivity contribution >= 4 is 10.2 Å². The van der Waals surface area contributed by atoms with E-state index in [-0.39, 0.29) is 6.04 Å². The lowest BCUT2D eigenvalue weighted by Gasteiger charge is -2.28. The highest BCUT2D eigenvalue weighted by Crippen LogP contribution is 2.12. The van der Waals surface area contributed by atoms with E-state index in [0.717, 1.165) is 12.8 Å². The molecular formula is C10H25N3O2S. The largest absolute Gasteiger partial charge is 0.330 e. The quantitative estimate of drug-likeness (QED) is 0.688. The van der Waals surface area contributed by atoms with Gasteiger partial charge >= 0.3 is 0 Å². The third-order valence-corrected chi connectivity index (χ3v) is 4.82. The van der Waals surface area contributed by atoms with Gasteiger partial charge < -0.3 is 5.73 Å². The normalized spacial score (nSPS) is 14.7. The maximum absolute atomic E-state index is 12.1. The van der Waals surface area contributed by atoms with E-state index in [1.165, 1.54) is 8.61 Å². The molecule has 0 saturated heterocycles. The summed E-state index contributed by atoms with van der Waals surface area (Å²) in [5, 5.41) is 0. The molecule has 1 unspecified atom stereocenters. The fourth-order valence-corrected chi connectivity index (χ4v) is 2.84. The molecule has 0 aliphatic rings. The van der Waals surface area contributed by atoms with E-state index in [9.17, 15) is 8.42 Å². The molecule has 0 heterocycles. The summed E-state index contributed by atoms with van der Waals surface area (Å²) >= 11 is 0. The van der Waals surface area contributed by atoms with E-state index < -0.39 is 10.2 Å². The molecule has 0 aromatic heterocycles. The van der Waals surface area contributed by atoms with Gasteiger partial charge in [-0.1, -0.05) is 13.3 Å². The molecule has 0 rings (SSSR count). The van der Waals surface area contributed by atoms with Gasteiger partial charge in [-0.25, -0.2) is 0 Å². The minimum atomic E-state index is -3.32. The van der Waals surface area contributed by atoms with E-state index in [4.69, 9.17) is 5.73 Å². The Morgan fingerprint density at radius 2 is 1.88 bits per heavy atom. The monoisotopic (exact) mass is 251 g/mol. The zero-order valence-corrected chi connectivity index (χ0v) is 11.6. The first kappa shape index (κ1) is 15.8. The number of hydrogen-bond acceptors (Lipinski definition) is 3. The highest BCUT2D eigenvalue weighted by Gasteiger charge is 2.26. The fourth-order valence-electron chi connectivity index (χ4n) is 1.48. The van der Waals surface area contributed by atoms with Crippen molar-refractivity contribution in [1.29, 1.82) is 0 Å². The van der Waals surface area contributed by atoms with Crippen LogP contribution in [-0.4, -0.2) is 50.3 Å². The first-order valence-corrected chi connectivity index (χ1v) is 7.17. The molecule has 0 saturated carbocycles. The van der Waals surface area contributed by atoms with Gasteiger partial charge in [-0.05, 0) is 26.3 Å². The maximum atomic E-state index is 12.1. The molecule has 2 N–H and O–H groups in total. The Kier molecular flexibility index (Phi) is 7.14. The lowest BCUT2D eigenvalue weighted by atomic mass is 10.2. The Morgan fingerprint density at radius 1 is 1.31 bits per heavy atom. The van der Waals surface area contributed by atoms with Crippen molar-refractivity contribution in [2.45, 2.75) is 39.2 Å². The minimum Gasteiger partial charge on any atom is -0.330 e. The summed E-state index contributed by atoms with van der Waals surface area (Å²) < 4.78 is 26.9. The number of hydrogen-bond donors (Lipinski definition) is 1. The molecule has 0 aromatic rings. The van der Waals surface area contributed by atoms with E-state index >= 15 is 0 Å². The van der Waals surface area contributed by atoms with Crippen LogP contribution in [0.25, 0.3) is 0 Å². The summed E-state index contributed by atoms with van der Waals surface area (Å²) in [5.41, 5.74) is 5.37. The third kappa shape index (κ3) is 4.37. The van der Waals surface area contributed by atoms with Crippen LogP contribution in [0.15, 0.2) is 0 Å². The van der Waals surface area contributed by atoms with Crippen molar-refractivity contribution in [3.05, 3.63) is 0 Å². The van der Waals surface area contributed by atoms with Crippen LogP contribution in [0.3, 0.4) is 0 Å². The van der Waals surface area contributed by atoms with E-state index in [2.05, 4.69) is 6.92 Å². The predicted molar refractivity (Wildman–Crippen MR) is 67.4 cm³/mol. The van der Waals surface area contributed by atoms with Crippen molar-refractivity contribution in [1.82, 2.24) is 8.61 Å². The van der Waals surface area contributed by atoms with Crippen molar-refractivity contribution in [3.63, 3.8) is 0 Å². The molecule has 0 amide bonds. The van der Waals surface area contributed by atoms with Crippen LogP contribution in [0, 0.1) is 0 Å². The number of nitrogens with two attached hydrogens (primary N) is 1. The second-order valence-electron chi connectivity index (χ2n) is 4.13. The van der Waals surface area contributed by atoms with Crippen LogP contribution in [-0.2, 0) is 10.2 Å². The predicted octanol–water partition coefficient (Wildman–Crippen LogP) is 0.632. The smallest absolute Gasteiger partial charge is 0.281 e. The molecule has 0 fully saturated rings. The Balaban J connectivity index is 4.51. The maximum Gasteiger partial charge on any atom is 0.281 e. The Bertz CT molecular complexity index is 280. The Morgan fingerprint density at radius 3 is 2.31 bits per heavy atom. The molecule has 0 aliphatic heterocycles. The van der Waals surface area contributed by atoms with Gasteiger partial charge in [0.05, 0.1) is 0 Å².